The molecule has 2 N–H and O–H groups in total. The SMILES string of the molecule is Cc1cc(C)n(CCCNC(=O)[C@@H]2CC[C@H](NC(=O)CN3CCOCC3)CN(C)C2)n1. The van der Waals surface area contributed by atoms with Crippen LogP contribution in [0, 0.1) is 19.8 Å². The van der Waals surface area contributed by atoms with Crippen molar-refractivity contribution in [2.24, 2.45) is 5.92 Å². The molecule has 2 saturated heterocycles. The summed E-state index contributed by atoms with van der Waals surface area (Å²) in [4.78, 5) is 29.4. The maximum Gasteiger partial charge on any atom is 0.234 e. The Kier molecular flexibility index (Phi) is 8.86. The molecule has 0 aromatic carbocycles. The molecule has 3 rings (SSSR count). The van der Waals surface area contributed by atoms with Crippen molar-refractivity contribution in [1.29, 1.82) is 0 Å². The second kappa shape index (κ2) is 11.6. The first-order valence-electron chi connectivity index (χ1n) is 11.5. The number of hydrogen-bond donors (Lipinski definition) is 2. The summed E-state index contributed by atoms with van der Waals surface area (Å²) in [5.74, 6) is 0.132. The van der Waals surface area contributed by atoms with Gasteiger partial charge in [-0.1, -0.05) is 0 Å². The van der Waals surface area contributed by atoms with E-state index in [1.54, 1.807) is 0 Å². The normalized spacial score (nSPS) is 23.3. The molecule has 0 radical (unpaired) electrons. The molecule has 0 spiro atoms. The van der Waals surface area contributed by atoms with Crippen molar-refractivity contribution >= 4 is 11.8 Å². The highest BCUT2D eigenvalue weighted by molar-refractivity contribution is 5.79. The van der Waals surface area contributed by atoms with Crippen LogP contribution in [0.15, 0.2) is 6.07 Å². The number of aromatic nitrogens is 2. The molecule has 9 heteroatoms. The summed E-state index contributed by atoms with van der Waals surface area (Å²) in [6, 6.07) is 2.15. The summed E-state index contributed by atoms with van der Waals surface area (Å²) in [6.07, 6.45) is 2.47. The minimum absolute atomic E-state index is 0.0418. The summed E-state index contributed by atoms with van der Waals surface area (Å²) in [7, 11) is 2.02. The summed E-state index contributed by atoms with van der Waals surface area (Å²) < 4.78 is 7.33. The number of nitrogens with one attached hydrogen (secondary N) is 2. The number of carbonyl (C=O) groups is 2. The molecule has 3 heterocycles. The van der Waals surface area contributed by atoms with Gasteiger partial charge in [-0.25, -0.2) is 0 Å². The molecule has 0 bridgehead atoms. The molecule has 2 amide bonds. The van der Waals surface area contributed by atoms with Gasteiger partial charge >= 0.3 is 0 Å². The molecule has 2 atom stereocenters. The minimum Gasteiger partial charge on any atom is -0.379 e. The van der Waals surface area contributed by atoms with Crippen LogP contribution in [0.2, 0.25) is 0 Å². The van der Waals surface area contributed by atoms with Crippen LogP contribution >= 0.6 is 0 Å². The predicted molar refractivity (Wildman–Crippen MR) is 119 cm³/mol. The lowest BCUT2D eigenvalue weighted by molar-refractivity contribution is -0.125. The molecule has 9 nitrogen and oxygen atoms in total. The Balaban J connectivity index is 1.37. The molecule has 0 aliphatic carbocycles. The van der Waals surface area contributed by atoms with Gasteiger partial charge in [0.05, 0.1) is 31.4 Å². The molecule has 174 valence electrons. The Bertz CT molecular complexity index is 731. The van der Waals surface area contributed by atoms with E-state index < -0.39 is 0 Å². The zero-order valence-corrected chi connectivity index (χ0v) is 19.2. The zero-order valence-electron chi connectivity index (χ0n) is 19.2. The maximum atomic E-state index is 12.7. The van der Waals surface area contributed by atoms with Crippen LogP contribution in [0.25, 0.3) is 0 Å². The number of nitrogens with zero attached hydrogens (tertiary/aromatic N) is 4. The van der Waals surface area contributed by atoms with Gasteiger partial charge in [0.25, 0.3) is 0 Å². The first-order valence-corrected chi connectivity index (χ1v) is 11.5. The van der Waals surface area contributed by atoms with Crippen molar-refractivity contribution in [2.45, 2.75) is 45.7 Å². The number of amides is 2. The standard InChI is InChI=1S/C22H38N6O3/c1-17-13-18(2)28(25-17)8-4-7-23-22(30)19-5-6-20(15-26(3)14-19)24-21(29)16-27-9-11-31-12-10-27/h13,19-20H,4-12,14-16H2,1-3H3,(H,23,30)(H,24,29)/t19-,20+/m1/s1. The third kappa shape index (κ3) is 7.59. The average molecular weight is 435 g/mol. The lowest BCUT2D eigenvalue weighted by atomic mass is 10.0. The van der Waals surface area contributed by atoms with E-state index in [2.05, 4.69) is 38.5 Å². The molecule has 0 saturated carbocycles. The third-order valence-corrected chi connectivity index (χ3v) is 6.08. The highest BCUT2D eigenvalue weighted by atomic mass is 16.5. The van der Waals surface area contributed by atoms with Gasteiger partial charge in [-0.15, -0.1) is 0 Å². The molecule has 31 heavy (non-hydrogen) atoms. The molecular formula is C22H38N6O3. The molecule has 2 aliphatic rings. The van der Waals surface area contributed by atoms with Crippen molar-refractivity contribution in [2.75, 3.05) is 59.5 Å². The quantitative estimate of drug-likeness (QED) is 0.567. The van der Waals surface area contributed by atoms with Crippen molar-refractivity contribution < 1.29 is 14.3 Å². The Labute approximate surface area is 185 Å². The Morgan fingerprint density at radius 3 is 2.68 bits per heavy atom. The van der Waals surface area contributed by atoms with Gasteiger partial charge in [-0.3, -0.25) is 19.2 Å². The van der Waals surface area contributed by atoms with E-state index in [0.29, 0.717) is 26.3 Å². The summed E-state index contributed by atoms with van der Waals surface area (Å²) in [5.41, 5.74) is 2.17. The van der Waals surface area contributed by atoms with Crippen LogP contribution < -0.4 is 10.6 Å². The van der Waals surface area contributed by atoms with E-state index in [1.807, 2.05) is 18.7 Å². The molecule has 2 fully saturated rings. The fraction of sp³-hybridized carbons (Fsp3) is 0.773. The fourth-order valence-corrected chi connectivity index (χ4v) is 4.47. The van der Waals surface area contributed by atoms with Crippen molar-refractivity contribution in [3.63, 3.8) is 0 Å². The number of likely N-dealkylation sites (N-methyl/N-ethyl adjacent to an activating group) is 1. The number of ether oxygens (including phenoxy) is 1. The number of carbonyl (C=O) groups excluding carboxylic acids is 2. The molecule has 0 unspecified atom stereocenters. The Hall–Kier alpha value is -1.97. The predicted octanol–water partition coefficient (Wildman–Crippen LogP) is 0.165. The van der Waals surface area contributed by atoms with Crippen molar-refractivity contribution in [3.8, 4) is 0 Å². The summed E-state index contributed by atoms with van der Waals surface area (Å²) in [5, 5.41) is 10.7. The van der Waals surface area contributed by atoms with Crippen molar-refractivity contribution in [3.05, 3.63) is 17.5 Å². The number of aryl methyl sites for hydroxylation is 3. The summed E-state index contributed by atoms with van der Waals surface area (Å²) in [6.45, 7) is 10.4. The Morgan fingerprint density at radius 2 is 1.97 bits per heavy atom. The van der Waals surface area contributed by atoms with Crippen LogP contribution in [0.4, 0.5) is 0 Å². The first-order chi connectivity index (χ1) is 14.9. The van der Waals surface area contributed by atoms with E-state index in [9.17, 15) is 9.59 Å². The smallest absolute Gasteiger partial charge is 0.234 e. The number of likely N-dealkylation sites (tertiary alicyclic amines) is 1. The number of morpholine rings is 1. The van der Waals surface area contributed by atoms with Gasteiger partial charge in [0.15, 0.2) is 0 Å². The zero-order chi connectivity index (χ0) is 22.2. The van der Waals surface area contributed by atoms with E-state index in [-0.39, 0.29) is 23.8 Å². The highest BCUT2D eigenvalue weighted by Gasteiger charge is 2.27. The van der Waals surface area contributed by atoms with Gasteiger partial charge in [0, 0.05) is 51.0 Å². The highest BCUT2D eigenvalue weighted by Crippen LogP contribution is 2.16. The second-order valence-corrected chi connectivity index (χ2v) is 8.94. The van der Waals surface area contributed by atoms with Crippen molar-refractivity contribution in [1.82, 2.24) is 30.2 Å². The van der Waals surface area contributed by atoms with E-state index in [0.717, 1.165) is 63.4 Å². The van der Waals surface area contributed by atoms with Crippen LogP contribution in [-0.2, 0) is 20.9 Å². The molecule has 1 aromatic heterocycles. The average Bonchev–Trinajstić information content (AvgIpc) is 2.93. The van der Waals surface area contributed by atoms with Gasteiger partial charge in [-0.05, 0) is 46.2 Å². The lowest BCUT2D eigenvalue weighted by Gasteiger charge is -2.27. The van der Waals surface area contributed by atoms with E-state index >= 15 is 0 Å². The number of rotatable bonds is 8. The van der Waals surface area contributed by atoms with E-state index in [1.165, 1.54) is 0 Å². The largest absolute Gasteiger partial charge is 0.379 e. The lowest BCUT2D eigenvalue weighted by Crippen LogP contribution is -2.48. The third-order valence-electron chi connectivity index (χ3n) is 6.08. The topological polar surface area (TPSA) is 91.7 Å². The van der Waals surface area contributed by atoms with Gasteiger partial charge in [0.1, 0.15) is 0 Å². The minimum atomic E-state index is -0.0418. The van der Waals surface area contributed by atoms with Crippen LogP contribution in [0.5, 0.6) is 0 Å². The second-order valence-electron chi connectivity index (χ2n) is 8.94. The first kappa shape index (κ1) is 23.7. The van der Waals surface area contributed by atoms with Gasteiger partial charge in [0.2, 0.25) is 11.8 Å². The monoisotopic (exact) mass is 434 g/mol. The molecular weight excluding hydrogens is 396 g/mol. The Morgan fingerprint density at radius 1 is 1.19 bits per heavy atom. The van der Waals surface area contributed by atoms with Crippen LogP contribution in [0.3, 0.4) is 0 Å². The summed E-state index contributed by atoms with van der Waals surface area (Å²) >= 11 is 0. The fourth-order valence-electron chi connectivity index (χ4n) is 4.47. The van der Waals surface area contributed by atoms with Gasteiger partial charge < -0.3 is 20.3 Å². The van der Waals surface area contributed by atoms with Gasteiger partial charge in [-0.2, -0.15) is 5.10 Å². The molecule has 2 aliphatic heterocycles. The van der Waals surface area contributed by atoms with Crippen LogP contribution in [0.1, 0.15) is 30.7 Å². The maximum absolute atomic E-state index is 12.7. The number of hydrogen-bond acceptors (Lipinski definition) is 6. The van der Waals surface area contributed by atoms with Crippen LogP contribution in [-0.4, -0.2) is 97.0 Å². The molecule has 1 aromatic rings. The van der Waals surface area contributed by atoms with E-state index in [4.69, 9.17) is 4.74 Å².